The summed E-state index contributed by atoms with van der Waals surface area (Å²) >= 11 is 1.42. The van der Waals surface area contributed by atoms with Crippen molar-refractivity contribution in [2.75, 3.05) is 5.32 Å². The van der Waals surface area contributed by atoms with E-state index in [0.29, 0.717) is 5.13 Å². The number of nitrogens with zero attached hydrogens (tertiary/aromatic N) is 1. The summed E-state index contributed by atoms with van der Waals surface area (Å²) in [5, 5.41) is 12.8. The number of aromatic nitrogens is 1. The van der Waals surface area contributed by atoms with Crippen molar-refractivity contribution in [2.24, 2.45) is 23.7 Å². The first-order valence-corrected chi connectivity index (χ1v) is 8.44. The SMILES string of the molecule is Cc1ccc2nc(NC(=O)C3C4C=CC(C4)C3C(=O)O)sc2c1. The van der Waals surface area contributed by atoms with Crippen LogP contribution in [0.1, 0.15) is 12.0 Å². The molecule has 2 aliphatic rings. The van der Waals surface area contributed by atoms with E-state index in [1.807, 2.05) is 37.3 Å². The Hall–Kier alpha value is -2.21. The van der Waals surface area contributed by atoms with Gasteiger partial charge in [0, 0.05) is 0 Å². The Labute approximate surface area is 137 Å². The van der Waals surface area contributed by atoms with Gasteiger partial charge >= 0.3 is 5.97 Å². The molecule has 118 valence electrons. The van der Waals surface area contributed by atoms with Gasteiger partial charge in [-0.1, -0.05) is 29.6 Å². The van der Waals surface area contributed by atoms with E-state index in [-0.39, 0.29) is 17.7 Å². The van der Waals surface area contributed by atoms with Crippen molar-refractivity contribution >= 4 is 38.6 Å². The third-order valence-electron chi connectivity index (χ3n) is 4.82. The molecule has 4 rings (SSSR count). The number of carboxylic acid groups (broad SMARTS) is 1. The standard InChI is InChI=1S/C17H16N2O3S/c1-8-2-5-11-12(6-8)23-17(18-11)19-15(20)13-9-3-4-10(7-9)14(13)16(21)22/h2-6,9-10,13-14H,7H2,1H3,(H,21,22)(H,18,19,20). The number of rotatable bonds is 3. The molecule has 2 bridgehead atoms. The first-order valence-electron chi connectivity index (χ1n) is 7.62. The number of allylic oxidation sites excluding steroid dienone is 2. The summed E-state index contributed by atoms with van der Waals surface area (Å²) in [6.07, 6.45) is 4.68. The van der Waals surface area contributed by atoms with Crippen LogP contribution in [0.25, 0.3) is 10.2 Å². The predicted molar refractivity (Wildman–Crippen MR) is 88.3 cm³/mol. The predicted octanol–water partition coefficient (Wildman–Crippen LogP) is 3.07. The molecular formula is C17H16N2O3S. The van der Waals surface area contributed by atoms with Crippen molar-refractivity contribution in [1.82, 2.24) is 4.98 Å². The number of hydrogen-bond acceptors (Lipinski definition) is 4. The van der Waals surface area contributed by atoms with Crippen molar-refractivity contribution in [1.29, 1.82) is 0 Å². The fourth-order valence-electron chi connectivity index (χ4n) is 3.79. The molecule has 2 aromatic rings. The van der Waals surface area contributed by atoms with E-state index in [0.717, 1.165) is 22.2 Å². The van der Waals surface area contributed by atoms with Gasteiger partial charge in [-0.25, -0.2) is 4.98 Å². The van der Waals surface area contributed by atoms with Crippen LogP contribution in [-0.2, 0) is 9.59 Å². The highest BCUT2D eigenvalue weighted by atomic mass is 32.1. The minimum absolute atomic E-state index is 0.0220. The Morgan fingerprint density at radius 2 is 2.00 bits per heavy atom. The summed E-state index contributed by atoms with van der Waals surface area (Å²) in [6, 6.07) is 5.94. The van der Waals surface area contributed by atoms with Crippen LogP contribution in [0.3, 0.4) is 0 Å². The summed E-state index contributed by atoms with van der Waals surface area (Å²) in [6.45, 7) is 2.01. The number of benzene rings is 1. The van der Waals surface area contributed by atoms with Crippen LogP contribution in [0, 0.1) is 30.6 Å². The van der Waals surface area contributed by atoms with E-state index in [4.69, 9.17) is 0 Å². The molecule has 0 saturated heterocycles. The molecule has 1 fully saturated rings. The zero-order chi connectivity index (χ0) is 16.1. The zero-order valence-electron chi connectivity index (χ0n) is 12.5. The average molecular weight is 328 g/mol. The highest BCUT2D eigenvalue weighted by Gasteiger charge is 2.51. The van der Waals surface area contributed by atoms with Crippen molar-refractivity contribution < 1.29 is 14.7 Å². The zero-order valence-corrected chi connectivity index (χ0v) is 13.3. The van der Waals surface area contributed by atoms with Crippen LogP contribution >= 0.6 is 11.3 Å². The van der Waals surface area contributed by atoms with E-state index in [1.165, 1.54) is 11.3 Å². The second-order valence-corrected chi connectivity index (χ2v) is 7.35. The fraction of sp³-hybridized carbons (Fsp3) is 0.353. The molecule has 5 nitrogen and oxygen atoms in total. The molecule has 0 spiro atoms. The lowest BCUT2D eigenvalue weighted by molar-refractivity contribution is -0.146. The summed E-state index contributed by atoms with van der Waals surface area (Å²) in [4.78, 5) is 28.6. The average Bonchev–Trinajstić information content (AvgIpc) is 3.18. The molecule has 1 saturated carbocycles. The molecule has 0 radical (unpaired) electrons. The van der Waals surface area contributed by atoms with Gasteiger partial charge < -0.3 is 10.4 Å². The molecule has 1 aromatic carbocycles. The summed E-state index contributed by atoms with van der Waals surface area (Å²) in [7, 11) is 0. The fourth-order valence-corrected chi connectivity index (χ4v) is 4.76. The normalized spacial score (nSPS) is 28.4. The number of carbonyl (C=O) groups excluding carboxylic acids is 1. The van der Waals surface area contributed by atoms with E-state index in [2.05, 4.69) is 10.3 Å². The van der Waals surface area contributed by atoms with Gasteiger partial charge in [0.25, 0.3) is 0 Å². The van der Waals surface area contributed by atoms with Crippen LogP contribution < -0.4 is 5.32 Å². The maximum atomic E-state index is 12.6. The molecular weight excluding hydrogens is 312 g/mol. The van der Waals surface area contributed by atoms with Gasteiger partial charge in [0.1, 0.15) is 0 Å². The van der Waals surface area contributed by atoms with Crippen LogP contribution in [0.5, 0.6) is 0 Å². The lowest BCUT2D eigenvalue weighted by atomic mass is 9.82. The second-order valence-electron chi connectivity index (χ2n) is 6.32. The maximum absolute atomic E-state index is 12.6. The van der Waals surface area contributed by atoms with Crippen LogP contribution in [0.2, 0.25) is 0 Å². The third-order valence-corrected chi connectivity index (χ3v) is 5.75. The quantitative estimate of drug-likeness (QED) is 0.849. The Bertz CT molecular complexity index is 841. The molecule has 4 unspecified atom stereocenters. The molecule has 2 N–H and O–H groups in total. The number of aliphatic carboxylic acids is 1. The Kier molecular flexibility index (Phi) is 3.23. The van der Waals surface area contributed by atoms with Crippen molar-refractivity contribution in [3.05, 3.63) is 35.9 Å². The van der Waals surface area contributed by atoms with Gasteiger partial charge in [-0.2, -0.15) is 0 Å². The Balaban J connectivity index is 1.59. The molecule has 1 heterocycles. The Morgan fingerprint density at radius 3 is 2.74 bits per heavy atom. The molecule has 2 aliphatic carbocycles. The smallest absolute Gasteiger partial charge is 0.307 e. The second kappa shape index (κ2) is 5.16. The molecule has 1 aromatic heterocycles. The summed E-state index contributed by atoms with van der Waals surface area (Å²) in [5.74, 6) is -2.24. The number of hydrogen-bond donors (Lipinski definition) is 2. The van der Waals surface area contributed by atoms with E-state index in [1.54, 1.807) is 0 Å². The molecule has 1 amide bonds. The molecule has 0 aliphatic heterocycles. The number of anilines is 1. The van der Waals surface area contributed by atoms with Crippen molar-refractivity contribution in [3.63, 3.8) is 0 Å². The number of fused-ring (bicyclic) bond motifs is 3. The summed E-state index contributed by atoms with van der Waals surface area (Å²) in [5.41, 5.74) is 1.99. The van der Waals surface area contributed by atoms with Crippen LogP contribution in [0.15, 0.2) is 30.4 Å². The van der Waals surface area contributed by atoms with Crippen molar-refractivity contribution in [2.45, 2.75) is 13.3 Å². The van der Waals surface area contributed by atoms with Gasteiger partial charge in [-0.3, -0.25) is 9.59 Å². The van der Waals surface area contributed by atoms with E-state index in [9.17, 15) is 14.7 Å². The van der Waals surface area contributed by atoms with Gasteiger partial charge in [0.2, 0.25) is 5.91 Å². The first kappa shape index (κ1) is 14.4. The number of thiazole rings is 1. The maximum Gasteiger partial charge on any atom is 0.307 e. The molecule has 4 atom stereocenters. The number of amides is 1. The van der Waals surface area contributed by atoms with Gasteiger partial charge in [0.15, 0.2) is 5.13 Å². The van der Waals surface area contributed by atoms with Gasteiger partial charge in [0.05, 0.1) is 22.1 Å². The first-order chi connectivity index (χ1) is 11.0. The van der Waals surface area contributed by atoms with Gasteiger partial charge in [-0.15, -0.1) is 0 Å². The summed E-state index contributed by atoms with van der Waals surface area (Å²) < 4.78 is 1.02. The highest BCUT2D eigenvalue weighted by Crippen LogP contribution is 2.48. The largest absolute Gasteiger partial charge is 0.481 e. The topological polar surface area (TPSA) is 79.3 Å². The van der Waals surface area contributed by atoms with Crippen LogP contribution in [0.4, 0.5) is 5.13 Å². The van der Waals surface area contributed by atoms with E-state index < -0.39 is 17.8 Å². The molecule has 23 heavy (non-hydrogen) atoms. The number of aryl methyl sites for hydroxylation is 1. The van der Waals surface area contributed by atoms with Crippen molar-refractivity contribution in [3.8, 4) is 0 Å². The highest BCUT2D eigenvalue weighted by molar-refractivity contribution is 7.22. The molecule has 6 heteroatoms. The number of carbonyl (C=O) groups is 2. The lowest BCUT2D eigenvalue weighted by Crippen LogP contribution is -2.36. The minimum atomic E-state index is -0.887. The minimum Gasteiger partial charge on any atom is -0.481 e. The Morgan fingerprint density at radius 1 is 1.26 bits per heavy atom. The lowest BCUT2D eigenvalue weighted by Gasteiger charge is -2.23. The van der Waals surface area contributed by atoms with Crippen LogP contribution in [-0.4, -0.2) is 22.0 Å². The van der Waals surface area contributed by atoms with Gasteiger partial charge in [-0.05, 0) is 42.9 Å². The monoisotopic (exact) mass is 328 g/mol. The number of carboxylic acids is 1. The number of nitrogens with one attached hydrogen (secondary N) is 1. The van der Waals surface area contributed by atoms with E-state index >= 15 is 0 Å². The third kappa shape index (κ3) is 2.34.